The molecular weight excluding hydrogens is 396 g/mol. The average Bonchev–Trinajstić information content (AvgIpc) is 3.08. The fraction of sp³-hybridized carbons (Fsp3) is 0.0417. The number of hydrogen-bond acceptors (Lipinski definition) is 4. The monoisotopic (exact) mass is 414 g/mol. The first-order valence-electron chi connectivity index (χ1n) is 9.49. The van der Waals surface area contributed by atoms with Crippen molar-refractivity contribution < 1.29 is 19.1 Å². The molecule has 1 amide bonds. The van der Waals surface area contributed by atoms with E-state index >= 15 is 0 Å². The highest BCUT2D eigenvalue weighted by Gasteiger charge is 2.10. The number of nitrogens with zero attached hydrogens (tertiary/aromatic N) is 1. The predicted octanol–water partition coefficient (Wildman–Crippen LogP) is 4.88. The number of anilines is 1. The summed E-state index contributed by atoms with van der Waals surface area (Å²) in [6, 6.07) is 19.8. The highest BCUT2D eigenvalue weighted by Crippen LogP contribution is 2.29. The lowest BCUT2D eigenvalue weighted by molar-refractivity contribution is 0.112. The summed E-state index contributed by atoms with van der Waals surface area (Å²) in [5, 5.41) is 11.6. The van der Waals surface area contributed by atoms with Gasteiger partial charge in [-0.25, -0.2) is 9.59 Å². The van der Waals surface area contributed by atoms with E-state index in [0.717, 1.165) is 16.7 Å². The molecule has 3 aromatic carbocycles. The van der Waals surface area contributed by atoms with Crippen molar-refractivity contribution in [1.29, 1.82) is 0 Å². The fourth-order valence-electron chi connectivity index (χ4n) is 3.38. The lowest BCUT2D eigenvalue weighted by Gasteiger charge is -2.10. The summed E-state index contributed by atoms with van der Waals surface area (Å²) in [5.74, 6) is -0.518. The molecule has 0 aliphatic rings. The number of carboxylic acid groups (broad SMARTS) is 1. The zero-order chi connectivity index (χ0) is 21.8. The van der Waals surface area contributed by atoms with Crippen LogP contribution in [-0.4, -0.2) is 22.1 Å². The van der Waals surface area contributed by atoms with Crippen molar-refractivity contribution in [2.45, 2.75) is 6.54 Å². The van der Waals surface area contributed by atoms with Crippen LogP contribution in [-0.2, 0) is 6.54 Å². The number of allylic oxidation sites excluding steroid dienone is 1. The first-order valence-corrected chi connectivity index (χ1v) is 9.49. The molecule has 4 rings (SSSR count). The number of hydrogen-bond donors (Lipinski definition) is 2. The normalized spacial score (nSPS) is 11.1. The SMILES string of the molecule is O=Cc1ccc2c(c1)oc(=O)n2C/C=C/c1ccc(-c2ccccc2)c(NC(=O)O)c1. The van der Waals surface area contributed by atoms with E-state index in [0.29, 0.717) is 28.6 Å². The van der Waals surface area contributed by atoms with Crippen LogP contribution in [0.1, 0.15) is 15.9 Å². The Kier molecular flexibility index (Phi) is 5.49. The fourth-order valence-corrected chi connectivity index (χ4v) is 3.38. The van der Waals surface area contributed by atoms with E-state index in [1.807, 2.05) is 42.5 Å². The maximum absolute atomic E-state index is 12.2. The van der Waals surface area contributed by atoms with Crippen molar-refractivity contribution >= 4 is 35.2 Å². The number of benzene rings is 3. The molecule has 0 saturated heterocycles. The standard InChI is InChI=1S/C24H18N2O5/c27-15-17-9-11-21-22(14-17)31-24(30)26(21)12-4-5-16-8-10-19(18-6-2-1-3-7-18)20(13-16)25-23(28)29/h1-11,13-15,25H,12H2,(H,28,29)/b5-4+. The summed E-state index contributed by atoms with van der Waals surface area (Å²) >= 11 is 0. The van der Waals surface area contributed by atoms with Crippen molar-refractivity contribution in [2.75, 3.05) is 5.32 Å². The second-order valence-electron chi connectivity index (χ2n) is 6.83. The van der Waals surface area contributed by atoms with E-state index in [4.69, 9.17) is 4.42 Å². The van der Waals surface area contributed by atoms with Crippen molar-refractivity contribution in [3.63, 3.8) is 0 Å². The molecule has 2 N–H and O–H groups in total. The third-order valence-corrected chi connectivity index (χ3v) is 4.80. The number of aromatic nitrogens is 1. The van der Waals surface area contributed by atoms with Gasteiger partial charge in [-0.05, 0) is 35.4 Å². The van der Waals surface area contributed by atoms with Crippen molar-refractivity contribution in [2.24, 2.45) is 0 Å². The van der Waals surface area contributed by atoms with Gasteiger partial charge < -0.3 is 9.52 Å². The number of fused-ring (bicyclic) bond motifs is 1. The van der Waals surface area contributed by atoms with E-state index in [1.54, 1.807) is 30.4 Å². The van der Waals surface area contributed by atoms with Gasteiger partial charge in [0.2, 0.25) is 0 Å². The second-order valence-corrected chi connectivity index (χ2v) is 6.83. The predicted molar refractivity (Wildman–Crippen MR) is 118 cm³/mol. The Morgan fingerprint density at radius 1 is 1.03 bits per heavy atom. The van der Waals surface area contributed by atoms with Crippen LogP contribution in [0.5, 0.6) is 0 Å². The molecule has 4 aromatic rings. The summed E-state index contributed by atoms with van der Waals surface area (Å²) in [4.78, 5) is 34.3. The van der Waals surface area contributed by atoms with Crippen LogP contribution < -0.4 is 11.1 Å². The van der Waals surface area contributed by atoms with Crippen LogP contribution in [0.25, 0.3) is 28.3 Å². The van der Waals surface area contributed by atoms with Gasteiger partial charge >= 0.3 is 11.8 Å². The maximum atomic E-state index is 12.2. The molecule has 0 atom stereocenters. The maximum Gasteiger partial charge on any atom is 0.420 e. The first-order chi connectivity index (χ1) is 15.0. The van der Waals surface area contributed by atoms with Crippen molar-refractivity contribution in [3.05, 3.63) is 94.5 Å². The van der Waals surface area contributed by atoms with Gasteiger partial charge in [-0.2, -0.15) is 0 Å². The molecule has 1 heterocycles. The highest BCUT2D eigenvalue weighted by molar-refractivity contribution is 5.91. The lowest BCUT2D eigenvalue weighted by atomic mass is 10.0. The summed E-state index contributed by atoms with van der Waals surface area (Å²) in [6.45, 7) is 0.258. The number of rotatable bonds is 6. The van der Waals surface area contributed by atoms with Crippen LogP contribution in [0.15, 0.2) is 82.0 Å². The smallest absolute Gasteiger partial charge is 0.420 e. The van der Waals surface area contributed by atoms with Gasteiger partial charge in [0, 0.05) is 17.7 Å². The second kappa shape index (κ2) is 8.54. The largest absolute Gasteiger partial charge is 0.465 e. The number of nitrogens with one attached hydrogen (secondary N) is 1. The Morgan fingerprint density at radius 2 is 1.81 bits per heavy atom. The summed E-state index contributed by atoms with van der Waals surface area (Å²) in [6.07, 6.45) is 3.13. The molecule has 0 bridgehead atoms. The van der Waals surface area contributed by atoms with Gasteiger partial charge in [0.1, 0.15) is 6.29 Å². The van der Waals surface area contributed by atoms with Crippen LogP contribution in [0.4, 0.5) is 10.5 Å². The zero-order valence-corrected chi connectivity index (χ0v) is 16.3. The number of carbonyl (C=O) groups excluding carboxylic acids is 1. The number of amides is 1. The minimum absolute atomic E-state index is 0.258. The van der Waals surface area contributed by atoms with Gasteiger partial charge in [-0.1, -0.05) is 54.6 Å². The molecule has 0 saturated carbocycles. The number of aldehydes is 1. The minimum atomic E-state index is -1.15. The molecule has 1 aromatic heterocycles. The van der Waals surface area contributed by atoms with Crippen LogP contribution in [0.2, 0.25) is 0 Å². The lowest BCUT2D eigenvalue weighted by Crippen LogP contribution is -2.12. The molecule has 0 fully saturated rings. The van der Waals surface area contributed by atoms with Crippen LogP contribution >= 0.6 is 0 Å². The van der Waals surface area contributed by atoms with Crippen LogP contribution in [0, 0.1) is 0 Å². The molecule has 154 valence electrons. The zero-order valence-electron chi connectivity index (χ0n) is 16.3. The molecule has 0 radical (unpaired) electrons. The molecule has 7 heteroatoms. The Labute approximate surface area is 176 Å². The molecule has 31 heavy (non-hydrogen) atoms. The topological polar surface area (TPSA) is 102 Å². The average molecular weight is 414 g/mol. The molecular formula is C24H18N2O5. The highest BCUT2D eigenvalue weighted by atomic mass is 16.4. The van der Waals surface area contributed by atoms with E-state index < -0.39 is 11.8 Å². The van der Waals surface area contributed by atoms with E-state index in [-0.39, 0.29) is 6.54 Å². The number of oxazole rings is 1. The van der Waals surface area contributed by atoms with Crippen LogP contribution in [0.3, 0.4) is 0 Å². The van der Waals surface area contributed by atoms with Gasteiger partial charge in [0.15, 0.2) is 5.58 Å². The van der Waals surface area contributed by atoms with Gasteiger partial charge in [0.05, 0.1) is 11.2 Å². The summed E-state index contributed by atoms with van der Waals surface area (Å²) < 4.78 is 6.66. The Balaban J connectivity index is 1.61. The van der Waals surface area contributed by atoms with E-state index in [2.05, 4.69) is 5.32 Å². The van der Waals surface area contributed by atoms with Gasteiger partial charge in [-0.15, -0.1) is 0 Å². The Bertz CT molecular complexity index is 1350. The first kappa shape index (κ1) is 19.9. The Hall–Kier alpha value is -4.39. The molecule has 0 aliphatic heterocycles. The molecule has 0 spiro atoms. The minimum Gasteiger partial charge on any atom is -0.465 e. The quantitative estimate of drug-likeness (QED) is 0.438. The summed E-state index contributed by atoms with van der Waals surface area (Å²) in [7, 11) is 0. The third kappa shape index (κ3) is 4.30. The van der Waals surface area contributed by atoms with Crippen molar-refractivity contribution in [3.8, 4) is 11.1 Å². The van der Waals surface area contributed by atoms with Gasteiger partial charge in [0.25, 0.3) is 0 Å². The molecule has 0 aliphatic carbocycles. The van der Waals surface area contributed by atoms with E-state index in [1.165, 1.54) is 10.6 Å². The Morgan fingerprint density at radius 3 is 2.55 bits per heavy atom. The molecule has 0 unspecified atom stereocenters. The van der Waals surface area contributed by atoms with Crippen molar-refractivity contribution in [1.82, 2.24) is 4.57 Å². The third-order valence-electron chi connectivity index (χ3n) is 4.80. The summed E-state index contributed by atoms with van der Waals surface area (Å²) in [5.41, 5.74) is 4.27. The number of carbonyl (C=O) groups is 2. The molecule has 7 nitrogen and oxygen atoms in total. The van der Waals surface area contributed by atoms with Gasteiger partial charge in [-0.3, -0.25) is 14.7 Å². The van der Waals surface area contributed by atoms with E-state index in [9.17, 15) is 19.5 Å².